The van der Waals surface area contributed by atoms with E-state index >= 15 is 0 Å². The van der Waals surface area contributed by atoms with Gasteiger partial charge in [0.2, 0.25) is 0 Å². The number of nitrogens with zero attached hydrogens (tertiary/aromatic N) is 3. The van der Waals surface area contributed by atoms with Crippen molar-refractivity contribution in [2.24, 2.45) is 7.05 Å². The van der Waals surface area contributed by atoms with E-state index in [4.69, 9.17) is 0 Å². The van der Waals surface area contributed by atoms with E-state index in [1.165, 1.54) is 32.1 Å². The highest BCUT2D eigenvalue weighted by Crippen LogP contribution is 2.19. The summed E-state index contributed by atoms with van der Waals surface area (Å²) in [5.74, 6) is 0. The number of unbranched alkanes of at least 4 members (excludes halogenated alkanes) is 4. The second kappa shape index (κ2) is 6.55. The molecule has 104 valence electrons. The quantitative estimate of drug-likeness (QED) is 0.773. The molecule has 4 heteroatoms. The summed E-state index contributed by atoms with van der Waals surface area (Å²) >= 11 is 0. The zero-order valence-electron chi connectivity index (χ0n) is 12.2. The largest absolute Gasteiger partial charge is 0.384 e. The molecule has 1 N–H and O–H groups in total. The lowest BCUT2D eigenvalue weighted by atomic mass is 10.1. The van der Waals surface area contributed by atoms with E-state index in [1.807, 2.05) is 24.9 Å². The molecule has 0 spiro atoms. The zero-order chi connectivity index (χ0) is 13.7. The van der Waals surface area contributed by atoms with Crippen molar-refractivity contribution in [2.75, 3.05) is 11.9 Å². The van der Waals surface area contributed by atoms with Crippen molar-refractivity contribution in [3.05, 3.63) is 18.0 Å². The standard InChI is InChI=1S/C15H24N4/c1-4-5-6-7-8-9-16-13-10-14-12(2)18-19(3)15(14)17-11-13/h10-11,16H,4-9H2,1-3H3. The molecular weight excluding hydrogens is 236 g/mol. The maximum Gasteiger partial charge on any atom is 0.157 e. The lowest BCUT2D eigenvalue weighted by Gasteiger charge is -2.06. The lowest BCUT2D eigenvalue weighted by Crippen LogP contribution is -2.02. The second-order valence-electron chi connectivity index (χ2n) is 5.15. The van der Waals surface area contributed by atoms with Gasteiger partial charge in [0, 0.05) is 19.0 Å². The van der Waals surface area contributed by atoms with Crippen molar-refractivity contribution >= 4 is 16.7 Å². The lowest BCUT2D eigenvalue weighted by molar-refractivity contribution is 0.645. The molecule has 0 amide bonds. The van der Waals surface area contributed by atoms with E-state index in [-0.39, 0.29) is 0 Å². The van der Waals surface area contributed by atoms with Crippen molar-refractivity contribution in [1.82, 2.24) is 14.8 Å². The minimum atomic E-state index is 0.950. The first-order valence-electron chi connectivity index (χ1n) is 7.25. The predicted molar refractivity (Wildman–Crippen MR) is 80.5 cm³/mol. The first-order valence-corrected chi connectivity index (χ1v) is 7.25. The molecule has 4 nitrogen and oxygen atoms in total. The fourth-order valence-corrected chi connectivity index (χ4v) is 2.37. The van der Waals surface area contributed by atoms with Gasteiger partial charge < -0.3 is 5.32 Å². The fraction of sp³-hybridized carbons (Fsp3) is 0.600. The summed E-state index contributed by atoms with van der Waals surface area (Å²) in [6.07, 6.45) is 8.43. The summed E-state index contributed by atoms with van der Waals surface area (Å²) in [6, 6.07) is 2.15. The number of fused-ring (bicyclic) bond motifs is 1. The number of nitrogens with one attached hydrogen (secondary N) is 1. The van der Waals surface area contributed by atoms with Crippen molar-refractivity contribution in [2.45, 2.75) is 46.0 Å². The van der Waals surface area contributed by atoms with Crippen LogP contribution in [0.25, 0.3) is 11.0 Å². The summed E-state index contributed by atoms with van der Waals surface area (Å²) in [7, 11) is 1.93. The number of rotatable bonds is 7. The van der Waals surface area contributed by atoms with Gasteiger partial charge in [0.15, 0.2) is 5.65 Å². The molecule has 0 fully saturated rings. The van der Waals surface area contributed by atoms with E-state index in [9.17, 15) is 0 Å². The highest BCUT2D eigenvalue weighted by Gasteiger charge is 2.06. The van der Waals surface area contributed by atoms with Gasteiger partial charge >= 0.3 is 0 Å². The zero-order valence-corrected chi connectivity index (χ0v) is 12.2. The maximum atomic E-state index is 4.47. The predicted octanol–water partition coefficient (Wildman–Crippen LogP) is 3.66. The van der Waals surface area contributed by atoms with Gasteiger partial charge in [0.25, 0.3) is 0 Å². The fourth-order valence-electron chi connectivity index (χ4n) is 2.37. The average molecular weight is 260 g/mol. The van der Waals surface area contributed by atoms with Gasteiger partial charge in [-0.15, -0.1) is 0 Å². The normalized spacial score (nSPS) is 11.1. The Balaban J connectivity index is 1.89. The van der Waals surface area contributed by atoms with Crippen LogP contribution in [0.5, 0.6) is 0 Å². The van der Waals surface area contributed by atoms with Crippen molar-refractivity contribution in [3.8, 4) is 0 Å². The van der Waals surface area contributed by atoms with Gasteiger partial charge in [0.05, 0.1) is 17.6 Å². The van der Waals surface area contributed by atoms with Gasteiger partial charge in [-0.3, -0.25) is 4.68 Å². The number of pyridine rings is 1. The molecule has 0 aromatic carbocycles. The van der Waals surface area contributed by atoms with Crippen LogP contribution in [0.4, 0.5) is 5.69 Å². The van der Waals surface area contributed by atoms with E-state index in [1.54, 1.807) is 0 Å². The average Bonchev–Trinajstić information content (AvgIpc) is 2.69. The van der Waals surface area contributed by atoms with Gasteiger partial charge in [0.1, 0.15) is 0 Å². The van der Waals surface area contributed by atoms with E-state index < -0.39 is 0 Å². The summed E-state index contributed by atoms with van der Waals surface area (Å²) < 4.78 is 1.83. The molecule has 2 rings (SSSR count). The molecule has 0 saturated carbocycles. The van der Waals surface area contributed by atoms with E-state index in [2.05, 4.69) is 28.4 Å². The van der Waals surface area contributed by atoms with Crippen LogP contribution in [0.15, 0.2) is 12.3 Å². The molecule has 2 aromatic heterocycles. The molecule has 0 aliphatic carbocycles. The summed E-state index contributed by atoms with van der Waals surface area (Å²) in [6.45, 7) is 5.30. The van der Waals surface area contributed by atoms with Crippen LogP contribution in [0.2, 0.25) is 0 Å². The molecule has 0 saturated heterocycles. The molecule has 2 heterocycles. The van der Waals surface area contributed by atoms with Crippen molar-refractivity contribution in [1.29, 1.82) is 0 Å². The molecular formula is C15H24N4. The highest BCUT2D eigenvalue weighted by molar-refractivity contribution is 5.81. The molecule has 0 unspecified atom stereocenters. The minimum Gasteiger partial charge on any atom is -0.384 e. The van der Waals surface area contributed by atoms with Gasteiger partial charge in [-0.05, 0) is 19.4 Å². The van der Waals surface area contributed by atoms with Crippen LogP contribution in [-0.4, -0.2) is 21.3 Å². The molecule has 0 atom stereocenters. The Morgan fingerprint density at radius 3 is 2.79 bits per heavy atom. The van der Waals surface area contributed by atoms with Crippen LogP contribution in [0, 0.1) is 6.92 Å². The smallest absolute Gasteiger partial charge is 0.157 e. The molecule has 0 aliphatic heterocycles. The Kier molecular flexibility index (Phi) is 4.77. The minimum absolute atomic E-state index is 0.950. The van der Waals surface area contributed by atoms with Crippen molar-refractivity contribution < 1.29 is 0 Å². The van der Waals surface area contributed by atoms with E-state index in [0.717, 1.165) is 29.0 Å². The van der Waals surface area contributed by atoms with Crippen LogP contribution >= 0.6 is 0 Å². The topological polar surface area (TPSA) is 42.7 Å². The van der Waals surface area contributed by atoms with Gasteiger partial charge in [-0.25, -0.2) is 4.98 Å². The summed E-state index contributed by atoms with van der Waals surface area (Å²) in [4.78, 5) is 4.47. The molecule has 0 aliphatic rings. The van der Waals surface area contributed by atoms with E-state index in [0.29, 0.717) is 0 Å². The summed E-state index contributed by atoms with van der Waals surface area (Å²) in [5, 5.41) is 8.98. The van der Waals surface area contributed by atoms with Crippen LogP contribution in [-0.2, 0) is 7.05 Å². The molecule has 0 radical (unpaired) electrons. The van der Waals surface area contributed by atoms with Crippen molar-refractivity contribution in [3.63, 3.8) is 0 Å². The first-order chi connectivity index (χ1) is 9.22. The third-order valence-corrected chi connectivity index (χ3v) is 3.47. The Morgan fingerprint density at radius 2 is 2.00 bits per heavy atom. The molecule has 19 heavy (non-hydrogen) atoms. The second-order valence-corrected chi connectivity index (χ2v) is 5.15. The van der Waals surface area contributed by atoms with Crippen LogP contribution < -0.4 is 5.32 Å². The Hall–Kier alpha value is -1.58. The monoisotopic (exact) mass is 260 g/mol. The maximum absolute atomic E-state index is 4.47. The third kappa shape index (κ3) is 3.46. The number of aromatic nitrogens is 3. The third-order valence-electron chi connectivity index (χ3n) is 3.47. The Morgan fingerprint density at radius 1 is 1.21 bits per heavy atom. The SMILES string of the molecule is CCCCCCCNc1cnc2c(c1)c(C)nn2C. The van der Waals surface area contributed by atoms with Crippen LogP contribution in [0.3, 0.4) is 0 Å². The Labute approximate surface area is 115 Å². The van der Waals surface area contributed by atoms with Gasteiger partial charge in [-0.1, -0.05) is 32.6 Å². The van der Waals surface area contributed by atoms with Gasteiger partial charge in [-0.2, -0.15) is 5.10 Å². The highest BCUT2D eigenvalue weighted by atomic mass is 15.3. The Bertz CT molecular complexity index is 530. The first kappa shape index (κ1) is 13.8. The number of aryl methyl sites for hydroxylation is 2. The number of hydrogen-bond acceptors (Lipinski definition) is 3. The number of anilines is 1. The molecule has 0 bridgehead atoms. The summed E-state index contributed by atoms with van der Waals surface area (Å²) in [5.41, 5.74) is 3.08. The molecule has 2 aromatic rings. The number of hydrogen-bond donors (Lipinski definition) is 1. The van der Waals surface area contributed by atoms with Crippen LogP contribution in [0.1, 0.15) is 44.7 Å².